The van der Waals surface area contributed by atoms with Gasteiger partial charge < -0.3 is 9.64 Å². The standard InChI is InChI=1S/C22H23N3O4S/c26-22-21(24-10-12-29-13-11-24)20(19-8-6-18(7-9-19)16-30(27)28)14-23-25(22)15-17-4-2-1-3-5-17/h1-9,14,30H,10-13,15-16H2. The van der Waals surface area contributed by atoms with Gasteiger partial charge in [-0.1, -0.05) is 54.6 Å². The summed E-state index contributed by atoms with van der Waals surface area (Å²) < 4.78 is 28.9. The highest BCUT2D eigenvalue weighted by molar-refractivity contribution is 7.71. The Labute approximate surface area is 176 Å². The van der Waals surface area contributed by atoms with E-state index in [0.717, 1.165) is 16.7 Å². The van der Waals surface area contributed by atoms with Crippen LogP contribution in [-0.4, -0.2) is 44.5 Å². The van der Waals surface area contributed by atoms with Gasteiger partial charge in [-0.15, -0.1) is 0 Å². The highest BCUT2D eigenvalue weighted by Crippen LogP contribution is 2.28. The van der Waals surface area contributed by atoms with Crippen LogP contribution in [0.5, 0.6) is 0 Å². The molecule has 156 valence electrons. The Morgan fingerprint density at radius 3 is 2.30 bits per heavy atom. The molecule has 8 heteroatoms. The molecule has 0 aliphatic carbocycles. The van der Waals surface area contributed by atoms with Crippen LogP contribution < -0.4 is 10.5 Å². The summed E-state index contributed by atoms with van der Waals surface area (Å²) in [6.45, 7) is 2.79. The normalized spacial score (nSPS) is 14.2. The number of hydrogen-bond acceptors (Lipinski definition) is 6. The van der Waals surface area contributed by atoms with E-state index in [1.807, 2.05) is 47.4 Å². The van der Waals surface area contributed by atoms with E-state index < -0.39 is 10.7 Å². The molecular weight excluding hydrogens is 402 g/mol. The number of hydrogen-bond donors (Lipinski definition) is 1. The van der Waals surface area contributed by atoms with E-state index in [4.69, 9.17) is 4.74 Å². The molecule has 0 radical (unpaired) electrons. The zero-order valence-electron chi connectivity index (χ0n) is 16.4. The Kier molecular flexibility index (Phi) is 6.25. The lowest BCUT2D eigenvalue weighted by Gasteiger charge is -2.30. The van der Waals surface area contributed by atoms with Gasteiger partial charge in [-0.2, -0.15) is 5.10 Å². The first kappa shape index (κ1) is 20.3. The Hall–Kier alpha value is -2.97. The van der Waals surface area contributed by atoms with E-state index in [-0.39, 0.29) is 11.3 Å². The third-order valence-corrected chi connectivity index (χ3v) is 5.72. The number of aromatic nitrogens is 2. The van der Waals surface area contributed by atoms with E-state index >= 15 is 0 Å². The van der Waals surface area contributed by atoms with Gasteiger partial charge in [0.05, 0.1) is 31.7 Å². The maximum absolute atomic E-state index is 13.4. The second-order valence-corrected chi connectivity index (χ2v) is 8.12. The summed E-state index contributed by atoms with van der Waals surface area (Å²) in [6, 6.07) is 17.0. The van der Waals surface area contributed by atoms with Gasteiger partial charge in [0.2, 0.25) is 0 Å². The highest BCUT2D eigenvalue weighted by atomic mass is 32.2. The average molecular weight is 426 g/mol. The smallest absolute Gasteiger partial charge is 0.291 e. The summed E-state index contributed by atoms with van der Waals surface area (Å²) in [4.78, 5) is 15.5. The molecule has 2 aromatic carbocycles. The van der Waals surface area contributed by atoms with Crippen LogP contribution >= 0.6 is 0 Å². The Morgan fingerprint density at radius 1 is 0.933 bits per heavy atom. The second-order valence-electron chi connectivity index (χ2n) is 7.14. The SMILES string of the molecule is O=c1c(N2CCOCC2)c(-c2ccc(C[SH](=O)=O)cc2)cnn1Cc1ccccc1. The van der Waals surface area contributed by atoms with Crippen LogP contribution in [0.3, 0.4) is 0 Å². The lowest BCUT2D eigenvalue weighted by Crippen LogP contribution is -2.41. The summed E-state index contributed by atoms with van der Waals surface area (Å²) in [5.74, 6) is 0.00283. The molecule has 3 aromatic rings. The quantitative estimate of drug-likeness (QED) is 0.608. The zero-order valence-corrected chi connectivity index (χ0v) is 17.3. The van der Waals surface area contributed by atoms with E-state index in [1.165, 1.54) is 4.68 Å². The lowest BCUT2D eigenvalue weighted by atomic mass is 10.0. The van der Waals surface area contributed by atoms with Gasteiger partial charge in [0.25, 0.3) is 5.56 Å². The Morgan fingerprint density at radius 2 is 1.63 bits per heavy atom. The van der Waals surface area contributed by atoms with E-state index in [0.29, 0.717) is 44.1 Å². The summed E-state index contributed by atoms with van der Waals surface area (Å²) in [5, 5.41) is 4.43. The first-order valence-electron chi connectivity index (χ1n) is 9.79. The number of thiol groups is 1. The molecule has 0 saturated carbocycles. The molecule has 1 aromatic heterocycles. The molecule has 1 aliphatic heterocycles. The third kappa shape index (κ3) is 4.60. The van der Waals surface area contributed by atoms with Crippen molar-refractivity contribution < 1.29 is 13.2 Å². The van der Waals surface area contributed by atoms with Gasteiger partial charge in [-0.25, -0.2) is 13.1 Å². The molecule has 0 amide bonds. The van der Waals surface area contributed by atoms with Crippen molar-refractivity contribution in [3.05, 3.63) is 82.3 Å². The molecule has 2 heterocycles. The molecule has 1 aliphatic rings. The molecule has 7 nitrogen and oxygen atoms in total. The van der Waals surface area contributed by atoms with Gasteiger partial charge >= 0.3 is 0 Å². The van der Waals surface area contributed by atoms with Crippen LogP contribution in [0, 0.1) is 0 Å². The van der Waals surface area contributed by atoms with Crippen LogP contribution in [0.2, 0.25) is 0 Å². The fourth-order valence-electron chi connectivity index (χ4n) is 3.59. The maximum atomic E-state index is 13.4. The van der Waals surface area contributed by atoms with Crippen molar-refractivity contribution in [3.63, 3.8) is 0 Å². The van der Waals surface area contributed by atoms with E-state index in [1.54, 1.807) is 18.3 Å². The van der Waals surface area contributed by atoms with Crippen molar-refractivity contribution in [2.75, 3.05) is 31.2 Å². The summed E-state index contributed by atoms with van der Waals surface area (Å²) in [6.07, 6.45) is 1.72. The van der Waals surface area contributed by atoms with Gasteiger partial charge in [-0.05, 0) is 16.7 Å². The summed E-state index contributed by atoms with van der Waals surface area (Å²) >= 11 is 0. The molecule has 0 bridgehead atoms. The molecular formula is C22H23N3O4S. The molecule has 4 rings (SSSR count). The summed E-state index contributed by atoms with van der Waals surface area (Å²) in [7, 11) is -2.48. The van der Waals surface area contributed by atoms with Crippen LogP contribution in [0.4, 0.5) is 5.69 Å². The van der Waals surface area contributed by atoms with Crippen molar-refractivity contribution in [2.24, 2.45) is 0 Å². The number of benzene rings is 2. The topological polar surface area (TPSA) is 81.5 Å². The van der Waals surface area contributed by atoms with Crippen molar-refractivity contribution >= 4 is 16.4 Å². The molecule has 1 saturated heterocycles. The van der Waals surface area contributed by atoms with E-state index in [9.17, 15) is 13.2 Å². The Bertz CT molecular complexity index is 1130. The molecule has 1 fully saturated rings. The van der Waals surface area contributed by atoms with Crippen LogP contribution in [0.25, 0.3) is 11.1 Å². The minimum absolute atomic E-state index is 0.00283. The first-order chi connectivity index (χ1) is 14.6. The highest BCUT2D eigenvalue weighted by Gasteiger charge is 2.21. The second kappa shape index (κ2) is 9.23. The predicted octanol–water partition coefficient (Wildman–Crippen LogP) is 1.91. The number of rotatable bonds is 6. The van der Waals surface area contributed by atoms with E-state index in [2.05, 4.69) is 5.10 Å². The van der Waals surface area contributed by atoms with Gasteiger partial charge in [-0.3, -0.25) is 4.79 Å². The molecule has 0 unspecified atom stereocenters. The Balaban J connectivity index is 1.75. The first-order valence-corrected chi connectivity index (χ1v) is 11.2. The largest absolute Gasteiger partial charge is 0.378 e. The fourth-order valence-corrected chi connectivity index (χ4v) is 4.10. The summed E-state index contributed by atoms with van der Waals surface area (Å²) in [5.41, 5.74) is 3.75. The van der Waals surface area contributed by atoms with Gasteiger partial charge in [0, 0.05) is 18.7 Å². The fraction of sp³-hybridized carbons (Fsp3) is 0.273. The van der Waals surface area contributed by atoms with Crippen molar-refractivity contribution in [3.8, 4) is 11.1 Å². The lowest BCUT2D eigenvalue weighted by molar-refractivity contribution is 0.122. The minimum Gasteiger partial charge on any atom is -0.378 e. The predicted molar refractivity (Wildman–Crippen MR) is 117 cm³/mol. The average Bonchev–Trinajstić information content (AvgIpc) is 2.76. The molecule has 0 atom stereocenters. The maximum Gasteiger partial charge on any atom is 0.291 e. The number of anilines is 1. The third-order valence-electron chi connectivity index (χ3n) is 5.10. The molecule has 30 heavy (non-hydrogen) atoms. The minimum atomic E-state index is -2.48. The van der Waals surface area contributed by atoms with Crippen LogP contribution in [-0.2, 0) is 27.7 Å². The monoisotopic (exact) mass is 425 g/mol. The number of morpholine rings is 1. The number of ether oxygens (including phenoxy) is 1. The van der Waals surface area contributed by atoms with Crippen molar-refractivity contribution in [1.29, 1.82) is 0 Å². The molecule has 0 N–H and O–H groups in total. The van der Waals surface area contributed by atoms with Crippen LogP contribution in [0.1, 0.15) is 11.1 Å². The van der Waals surface area contributed by atoms with Crippen LogP contribution in [0.15, 0.2) is 65.6 Å². The van der Waals surface area contributed by atoms with Crippen molar-refractivity contribution in [1.82, 2.24) is 9.78 Å². The van der Waals surface area contributed by atoms with Gasteiger partial charge in [0.1, 0.15) is 16.4 Å². The van der Waals surface area contributed by atoms with Crippen molar-refractivity contribution in [2.45, 2.75) is 12.3 Å². The molecule has 0 spiro atoms. The number of nitrogens with zero attached hydrogens (tertiary/aromatic N) is 3. The zero-order chi connectivity index (χ0) is 20.9. The van der Waals surface area contributed by atoms with Gasteiger partial charge in [0.15, 0.2) is 0 Å².